The van der Waals surface area contributed by atoms with Crippen LogP contribution in [0, 0.1) is 10.8 Å². The van der Waals surface area contributed by atoms with Gasteiger partial charge in [-0.15, -0.1) is 5.73 Å². The van der Waals surface area contributed by atoms with Crippen LogP contribution in [-0.2, 0) is 4.57 Å². The van der Waals surface area contributed by atoms with E-state index in [0.717, 1.165) is 0 Å². The minimum atomic E-state index is -4.64. The van der Waals surface area contributed by atoms with Crippen molar-refractivity contribution in [1.82, 2.24) is 0 Å². The molecular formula is C11H23O4P. The number of hydrogen-bond donors (Lipinski definition) is 3. The molecule has 0 aliphatic carbocycles. The maximum absolute atomic E-state index is 8.88. The van der Waals surface area contributed by atoms with Gasteiger partial charge in [-0.1, -0.05) is 48.1 Å². The molecular weight excluding hydrogens is 227 g/mol. The molecule has 0 saturated heterocycles. The normalized spacial score (nSPS) is 12.3. The van der Waals surface area contributed by atoms with Crippen LogP contribution in [0.2, 0.25) is 0 Å². The van der Waals surface area contributed by atoms with E-state index in [1.54, 1.807) is 0 Å². The van der Waals surface area contributed by atoms with Gasteiger partial charge in [0.2, 0.25) is 0 Å². The second-order valence-corrected chi connectivity index (χ2v) is 6.59. The highest BCUT2D eigenvalue weighted by molar-refractivity contribution is 7.45. The maximum Gasteiger partial charge on any atom is 0.466 e. The lowest BCUT2D eigenvalue weighted by Crippen LogP contribution is -2.21. The van der Waals surface area contributed by atoms with Gasteiger partial charge < -0.3 is 14.7 Å². The van der Waals surface area contributed by atoms with Gasteiger partial charge in [0.25, 0.3) is 0 Å². The molecule has 0 fully saturated rings. The lowest BCUT2D eigenvalue weighted by atomic mass is 9.72. The van der Waals surface area contributed by atoms with E-state index in [4.69, 9.17) is 19.2 Å². The Morgan fingerprint density at radius 1 is 1.00 bits per heavy atom. The average molecular weight is 250 g/mol. The number of phosphoric acid groups is 1. The molecule has 0 aromatic heterocycles. The monoisotopic (exact) mass is 250 g/mol. The SMILES string of the molecule is C=C=C(C(C)(C)C)C(C)(C)C.O=P(O)(O)O. The van der Waals surface area contributed by atoms with Gasteiger partial charge in [0.1, 0.15) is 0 Å². The van der Waals surface area contributed by atoms with Crippen molar-refractivity contribution < 1.29 is 19.2 Å². The molecule has 0 aliphatic rings. The Bertz CT molecular complexity index is 284. The molecule has 0 spiro atoms. The van der Waals surface area contributed by atoms with Gasteiger partial charge in [0, 0.05) is 0 Å². The first-order valence-electron chi connectivity index (χ1n) is 4.89. The van der Waals surface area contributed by atoms with Crippen LogP contribution < -0.4 is 0 Å². The molecule has 0 heterocycles. The summed E-state index contributed by atoms with van der Waals surface area (Å²) in [6.07, 6.45) is 0. The molecule has 16 heavy (non-hydrogen) atoms. The van der Waals surface area contributed by atoms with Gasteiger partial charge in [0.15, 0.2) is 0 Å². The lowest BCUT2D eigenvalue weighted by Gasteiger charge is -2.31. The summed E-state index contributed by atoms with van der Waals surface area (Å²) in [7, 11) is -4.64. The second kappa shape index (κ2) is 5.81. The van der Waals surface area contributed by atoms with Crippen LogP contribution in [0.25, 0.3) is 0 Å². The summed E-state index contributed by atoms with van der Waals surface area (Å²) in [4.78, 5) is 21.6. The topological polar surface area (TPSA) is 77.8 Å². The Kier molecular flexibility index (Phi) is 6.54. The molecule has 0 atom stereocenters. The van der Waals surface area contributed by atoms with Crippen molar-refractivity contribution in [3.8, 4) is 0 Å². The quantitative estimate of drug-likeness (QED) is 0.456. The van der Waals surface area contributed by atoms with E-state index in [2.05, 4.69) is 53.9 Å². The summed E-state index contributed by atoms with van der Waals surface area (Å²) in [6.45, 7) is 16.9. The summed E-state index contributed by atoms with van der Waals surface area (Å²) in [5.41, 5.74) is 4.73. The van der Waals surface area contributed by atoms with Gasteiger partial charge in [-0.2, -0.15) is 0 Å². The van der Waals surface area contributed by atoms with E-state index in [-0.39, 0.29) is 10.8 Å². The Hall–Kier alpha value is -0.370. The van der Waals surface area contributed by atoms with Crippen molar-refractivity contribution in [3.05, 3.63) is 17.9 Å². The minimum absolute atomic E-state index is 0.194. The van der Waals surface area contributed by atoms with Crippen molar-refractivity contribution in [2.24, 2.45) is 10.8 Å². The van der Waals surface area contributed by atoms with E-state index in [9.17, 15) is 0 Å². The second-order valence-electron chi connectivity index (χ2n) is 5.57. The summed E-state index contributed by atoms with van der Waals surface area (Å²) >= 11 is 0. The summed E-state index contributed by atoms with van der Waals surface area (Å²) in [5, 5.41) is 0. The first kappa shape index (κ1) is 18.0. The third-order valence-corrected chi connectivity index (χ3v) is 1.68. The third kappa shape index (κ3) is 11.7. The molecule has 0 aromatic rings. The Balaban J connectivity index is 0. The maximum atomic E-state index is 8.88. The van der Waals surface area contributed by atoms with E-state index in [0.29, 0.717) is 0 Å². The third-order valence-electron chi connectivity index (χ3n) is 1.68. The van der Waals surface area contributed by atoms with Crippen LogP contribution in [0.1, 0.15) is 41.5 Å². The van der Waals surface area contributed by atoms with Crippen molar-refractivity contribution in [3.63, 3.8) is 0 Å². The van der Waals surface area contributed by atoms with Crippen LogP contribution in [0.3, 0.4) is 0 Å². The molecule has 0 rings (SSSR count). The predicted molar refractivity (Wildman–Crippen MR) is 65.8 cm³/mol. The smallest absolute Gasteiger partial charge is 0.303 e. The number of allylic oxidation sites excluding steroid dienone is 1. The largest absolute Gasteiger partial charge is 0.466 e. The number of hydrogen-bond acceptors (Lipinski definition) is 1. The molecule has 4 nitrogen and oxygen atoms in total. The highest BCUT2D eigenvalue weighted by Gasteiger charge is 2.27. The fraction of sp³-hybridized carbons (Fsp3) is 0.727. The van der Waals surface area contributed by atoms with Crippen LogP contribution in [0.4, 0.5) is 0 Å². The molecule has 0 aliphatic heterocycles. The summed E-state index contributed by atoms with van der Waals surface area (Å²) in [6, 6.07) is 0. The fourth-order valence-corrected chi connectivity index (χ4v) is 1.66. The van der Waals surface area contributed by atoms with Gasteiger partial charge in [0.05, 0.1) is 0 Å². The van der Waals surface area contributed by atoms with Gasteiger partial charge >= 0.3 is 7.82 Å². The molecule has 96 valence electrons. The first-order valence-corrected chi connectivity index (χ1v) is 6.45. The van der Waals surface area contributed by atoms with E-state index in [1.165, 1.54) is 5.57 Å². The highest BCUT2D eigenvalue weighted by Crippen LogP contribution is 2.37. The fourth-order valence-electron chi connectivity index (χ4n) is 1.66. The molecule has 0 unspecified atom stereocenters. The Morgan fingerprint density at radius 2 is 1.19 bits per heavy atom. The Morgan fingerprint density at radius 3 is 1.19 bits per heavy atom. The zero-order valence-electron chi connectivity index (χ0n) is 10.9. The predicted octanol–water partition coefficient (Wildman–Crippen LogP) is 2.86. The molecule has 5 heteroatoms. The molecule has 0 aromatic carbocycles. The summed E-state index contributed by atoms with van der Waals surface area (Å²) in [5.74, 6) is 0. The van der Waals surface area contributed by atoms with Gasteiger partial charge in [-0.25, -0.2) is 4.57 Å². The molecule has 0 saturated carbocycles. The molecule has 0 bridgehead atoms. The van der Waals surface area contributed by atoms with Gasteiger partial charge in [-0.3, -0.25) is 0 Å². The van der Waals surface area contributed by atoms with Crippen molar-refractivity contribution in [2.45, 2.75) is 41.5 Å². The minimum Gasteiger partial charge on any atom is -0.303 e. The zero-order valence-corrected chi connectivity index (χ0v) is 11.8. The zero-order chi connectivity index (χ0) is 13.8. The van der Waals surface area contributed by atoms with Crippen molar-refractivity contribution >= 4 is 7.82 Å². The van der Waals surface area contributed by atoms with Crippen molar-refractivity contribution in [2.75, 3.05) is 0 Å². The highest BCUT2D eigenvalue weighted by atomic mass is 31.2. The standard InChI is InChI=1S/C11H20.H3O4P/c1-8-9(10(2,3)4)11(5,6)7;1-5(2,3)4/h1H2,2-7H3;(H3,1,2,3,4). The van der Waals surface area contributed by atoms with Crippen LogP contribution in [0.15, 0.2) is 17.9 Å². The van der Waals surface area contributed by atoms with Crippen LogP contribution in [0.5, 0.6) is 0 Å². The van der Waals surface area contributed by atoms with Gasteiger partial charge in [-0.05, 0) is 16.4 Å². The lowest BCUT2D eigenvalue weighted by molar-refractivity contribution is 0.275. The molecule has 3 N–H and O–H groups in total. The Labute approximate surface area is 97.9 Å². The average Bonchev–Trinajstić information content (AvgIpc) is 1.74. The first-order chi connectivity index (χ1) is 6.69. The van der Waals surface area contributed by atoms with E-state index < -0.39 is 7.82 Å². The molecule has 0 amide bonds. The number of rotatable bonds is 0. The summed E-state index contributed by atoms with van der Waals surface area (Å²) < 4.78 is 8.88. The van der Waals surface area contributed by atoms with E-state index in [1.807, 2.05) is 0 Å². The van der Waals surface area contributed by atoms with Crippen LogP contribution in [-0.4, -0.2) is 14.7 Å². The van der Waals surface area contributed by atoms with E-state index >= 15 is 0 Å². The molecule has 0 radical (unpaired) electrons. The van der Waals surface area contributed by atoms with Crippen molar-refractivity contribution in [1.29, 1.82) is 0 Å². The van der Waals surface area contributed by atoms with Crippen LogP contribution >= 0.6 is 7.82 Å².